The van der Waals surface area contributed by atoms with Crippen molar-refractivity contribution in [1.29, 1.82) is 0 Å². The highest BCUT2D eigenvalue weighted by Crippen LogP contribution is 2.30. The number of nitrogens with one attached hydrogen (secondary N) is 1. The number of aryl methyl sites for hydroxylation is 1. The molecule has 1 aromatic carbocycles. The number of carbonyl (C=O) groups excluding carboxylic acids is 1. The number of amides is 1. The molecule has 4 nitrogen and oxygen atoms in total. The van der Waals surface area contributed by atoms with Crippen LogP contribution in [0, 0.1) is 6.92 Å². The van der Waals surface area contributed by atoms with Gasteiger partial charge in [-0.2, -0.15) is 13.2 Å². The van der Waals surface area contributed by atoms with Crippen molar-refractivity contribution in [3.8, 4) is 0 Å². The van der Waals surface area contributed by atoms with E-state index in [1.54, 1.807) is 6.92 Å². The van der Waals surface area contributed by atoms with Gasteiger partial charge >= 0.3 is 6.18 Å². The molecule has 100 valence electrons. The minimum Gasteiger partial charge on any atom is -0.361 e. The molecular formula is C12H9F3N2O2. The van der Waals surface area contributed by atoms with E-state index in [0.717, 1.165) is 12.1 Å². The van der Waals surface area contributed by atoms with Crippen molar-refractivity contribution in [3.63, 3.8) is 0 Å². The number of hydrogen-bond acceptors (Lipinski definition) is 3. The standard InChI is InChI=1S/C12H9F3N2O2/c1-7-5-10(17-19-7)11(18)16-9-4-2-3-8(6-9)12(13,14)15/h2-6H,1H3,(H,16,18). The summed E-state index contributed by atoms with van der Waals surface area (Å²) in [6.45, 7) is 1.61. The second-order valence-corrected chi connectivity index (χ2v) is 3.86. The van der Waals surface area contributed by atoms with Gasteiger partial charge in [-0.15, -0.1) is 0 Å². The fraction of sp³-hybridized carbons (Fsp3) is 0.167. The van der Waals surface area contributed by atoms with Gasteiger partial charge in [0.2, 0.25) is 0 Å². The lowest BCUT2D eigenvalue weighted by atomic mass is 10.2. The number of aromatic nitrogens is 1. The normalized spacial score (nSPS) is 11.4. The Labute approximate surface area is 106 Å². The second-order valence-electron chi connectivity index (χ2n) is 3.86. The van der Waals surface area contributed by atoms with Gasteiger partial charge in [0, 0.05) is 11.8 Å². The Bertz CT molecular complexity index is 605. The number of rotatable bonds is 2. The van der Waals surface area contributed by atoms with Crippen molar-refractivity contribution in [1.82, 2.24) is 5.16 Å². The summed E-state index contributed by atoms with van der Waals surface area (Å²) in [6.07, 6.45) is -4.45. The van der Waals surface area contributed by atoms with E-state index in [0.29, 0.717) is 5.76 Å². The number of halogens is 3. The highest BCUT2D eigenvalue weighted by molar-refractivity contribution is 6.02. The molecular weight excluding hydrogens is 261 g/mol. The van der Waals surface area contributed by atoms with Crippen LogP contribution in [0.25, 0.3) is 0 Å². The minimum absolute atomic E-state index is 0.00918. The summed E-state index contributed by atoms with van der Waals surface area (Å²) in [5.41, 5.74) is -0.781. The topological polar surface area (TPSA) is 55.1 Å². The van der Waals surface area contributed by atoms with Crippen molar-refractivity contribution < 1.29 is 22.5 Å². The average Bonchev–Trinajstić information content (AvgIpc) is 2.75. The summed E-state index contributed by atoms with van der Waals surface area (Å²) in [4.78, 5) is 11.7. The number of hydrogen-bond donors (Lipinski definition) is 1. The molecule has 0 aliphatic heterocycles. The van der Waals surface area contributed by atoms with E-state index in [1.807, 2.05) is 0 Å². The van der Waals surface area contributed by atoms with E-state index in [-0.39, 0.29) is 11.4 Å². The van der Waals surface area contributed by atoms with Crippen LogP contribution in [0.2, 0.25) is 0 Å². The number of carbonyl (C=O) groups is 1. The fourth-order valence-electron chi connectivity index (χ4n) is 1.44. The molecule has 0 aliphatic rings. The fourth-order valence-corrected chi connectivity index (χ4v) is 1.44. The van der Waals surface area contributed by atoms with E-state index >= 15 is 0 Å². The summed E-state index contributed by atoms with van der Waals surface area (Å²) in [7, 11) is 0. The van der Waals surface area contributed by atoms with Gasteiger partial charge in [0.15, 0.2) is 5.69 Å². The molecule has 1 heterocycles. The van der Waals surface area contributed by atoms with Gasteiger partial charge in [-0.25, -0.2) is 0 Å². The van der Waals surface area contributed by atoms with Gasteiger partial charge in [-0.05, 0) is 25.1 Å². The van der Waals surface area contributed by atoms with Gasteiger partial charge in [0.1, 0.15) is 5.76 Å². The quantitative estimate of drug-likeness (QED) is 0.911. The molecule has 0 spiro atoms. The molecule has 2 aromatic rings. The maximum atomic E-state index is 12.5. The molecule has 2 rings (SSSR count). The summed E-state index contributed by atoms with van der Waals surface area (Å²) >= 11 is 0. The monoisotopic (exact) mass is 270 g/mol. The number of alkyl halides is 3. The largest absolute Gasteiger partial charge is 0.416 e. The Hall–Kier alpha value is -2.31. The average molecular weight is 270 g/mol. The molecule has 0 radical (unpaired) electrons. The van der Waals surface area contributed by atoms with Gasteiger partial charge in [0.25, 0.3) is 5.91 Å². The first kappa shape index (κ1) is 13.1. The molecule has 0 unspecified atom stereocenters. The molecule has 1 aromatic heterocycles. The first-order chi connectivity index (χ1) is 8.86. The van der Waals surface area contributed by atoms with Crippen LogP contribution in [0.4, 0.5) is 18.9 Å². The van der Waals surface area contributed by atoms with Crippen LogP contribution in [0.3, 0.4) is 0 Å². The van der Waals surface area contributed by atoms with Crippen molar-refractivity contribution in [2.45, 2.75) is 13.1 Å². The Kier molecular flexibility index (Phi) is 3.28. The van der Waals surface area contributed by atoms with E-state index in [2.05, 4.69) is 10.5 Å². The van der Waals surface area contributed by atoms with Crippen molar-refractivity contribution >= 4 is 11.6 Å². The summed E-state index contributed by atoms with van der Waals surface area (Å²) in [5, 5.41) is 5.80. The van der Waals surface area contributed by atoms with Gasteiger partial charge < -0.3 is 9.84 Å². The Morgan fingerprint density at radius 3 is 2.63 bits per heavy atom. The molecule has 19 heavy (non-hydrogen) atoms. The maximum absolute atomic E-state index is 12.5. The highest BCUT2D eigenvalue weighted by atomic mass is 19.4. The molecule has 0 saturated heterocycles. The van der Waals surface area contributed by atoms with Crippen LogP contribution in [0.1, 0.15) is 21.8 Å². The zero-order valence-electron chi connectivity index (χ0n) is 9.78. The predicted molar refractivity (Wildman–Crippen MR) is 60.6 cm³/mol. The lowest BCUT2D eigenvalue weighted by molar-refractivity contribution is -0.137. The molecule has 0 aliphatic carbocycles. The number of nitrogens with zero attached hydrogens (tertiary/aromatic N) is 1. The van der Waals surface area contributed by atoms with E-state index in [1.165, 1.54) is 18.2 Å². The van der Waals surface area contributed by atoms with Crippen LogP contribution in [-0.4, -0.2) is 11.1 Å². The van der Waals surface area contributed by atoms with Crippen LogP contribution < -0.4 is 5.32 Å². The van der Waals surface area contributed by atoms with Gasteiger partial charge in [0.05, 0.1) is 5.56 Å². The molecule has 7 heteroatoms. The van der Waals surface area contributed by atoms with Crippen LogP contribution in [0.15, 0.2) is 34.9 Å². The third-order valence-electron chi connectivity index (χ3n) is 2.31. The van der Waals surface area contributed by atoms with Crippen LogP contribution in [0.5, 0.6) is 0 Å². The smallest absolute Gasteiger partial charge is 0.361 e. The van der Waals surface area contributed by atoms with Gasteiger partial charge in [-0.1, -0.05) is 11.2 Å². The number of benzene rings is 1. The summed E-state index contributed by atoms with van der Waals surface area (Å²) in [5.74, 6) is -0.189. The lowest BCUT2D eigenvalue weighted by Gasteiger charge is -2.08. The minimum atomic E-state index is -4.45. The zero-order valence-corrected chi connectivity index (χ0v) is 9.78. The molecule has 0 bridgehead atoms. The van der Waals surface area contributed by atoms with Crippen molar-refractivity contribution in [2.75, 3.05) is 5.32 Å². The van der Waals surface area contributed by atoms with E-state index < -0.39 is 17.6 Å². The predicted octanol–water partition coefficient (Wildman–Crippen LogP) is 3.25. The zero-order chi connectivity index (χ0) is 14.0. The third-order valence-corrected chi connectivity index (χ3v) is 2.31. The first-order valence-corrected chi connectivity index (χ1v) is 5.28. The lowest BCUT2D eigenvalue weighted by Crippen LogP contribution is -2.13. The third kappa shape index (κ3) is 3.12. The Balaban J connectivity index is 2.18. The molecule has 1 amide bonds. The number of anilines is 1. The van der Waals surface area contributed by atoms with Crippen LogP contribution >= 0.6 is 0 Å². The van der Waals surface area contributed by atoms with E-state index in [4.69, 9.17) is 4.52 Å². The van der Waals surface area contributed by atoms with Gasteiger partial charge in [-0.3, -0.25) is 4.79 Å². The van der Waals surface area contributed by atoms with Crippen LogP contribution in [-0.2, 0) is 6.18 Å². The molecule has 1 N–H and O–H groups in total. The molecule has 0 saturated carbocycles. The summed E-state index contributed by atoms with van der Waals surface area (Å²) < 4.78 is 42.2. The van der Waals surface area contributed by atoms with Crippen molar-refractivity contribution in [2.24, 2.45) is 0 Å². The highest BCUT2D eigenvalue weighted by Gasteiger charge is 2.30. The molecule has 0 atom stereocenters. The first-order valence-electron chi connectivity index (χ1n) is 5.28. The Morgan fingerprint density at radius 2 is 2.05 bits per heavy atom. The maximum Gasteiger partial charge on any atom is 0.416 e. The van der Waals surface area contributed by atoms with Crippen molar-refractivity contribution in [3.05, 3.63) is 47.3 Å². The molecule has 0 fully saturated rings. The summed E-state index contributed by atoms with van der Waals surface area (Å²) in [6, 6.07) is 5.75. The van der Waals surface area contributed by atoms with E-state index in [9.17, 15) is 18.0 Å². The SMILES string of the molecule is Cc1cc(C(=O)Nc2cccc(C(F)(F)F)c2)no1. The Morgan fingerprint density at radius 1 is 1.32 bits per heavy atom. The second kappa shape index (κ2) is 4.75.